The summed E-state index contributed by atoms with van der Waals surface area (Å²) in [6.45, 7) is 4.93. The van der Waals surface area contributed by atoms with E-state index in [4.69, 9.17) is 9.47 Å². The standard InChI is InChI=1S/C19H22BrNO3S/c1-4-23-16-10-13(14(20)12-17(16)24-5-2)11-19(22)21-15-8-6-7-9-18(15)25-3/h6-10,12H,4-5,11H2,1-3H3,(H,21,22). The zero-order chi connectivity index (χ0) is 18.2. The van der Waals surface area contributed by atoms with E-state index in [9.17, 15) is 4.79 Å². The molecule has 0 unspecified atom stereocenters. The van der Waals surface area contributed by atoms with Gasteiger partial charge in [-0.1, -0.05) is 28.1 Å². The number of amides is 1. The van der Waals surface area contributed by atoms with Crippen molar-refractivity contribution in [2.24, 2.45) is 0 Å². The second kappa shape index (κ2) is 9.73. The van der Waals surface area contributed by atoms with Gasteiger partial charge in [-0.05, 0) is 49.9 Å². The number of para-hydroxylation sites is 1. The molecule has 134 valence electrons. The number of thioether (sulfide) groups is 1. The molecule has 0 saturated heterocycles. The second-order valence-corrected chi connectivity index (χ2v) is 6.88. The van der Waals surface area contributed by atoms with Crippen LogP contribution in [0.2, 0.25) is 0 Å². The molecule has 0 radical (unpaired) electrons. The molecule has 0 atom stereocenters. The van der Waals surface area contributed by atoms with Crippen molar-refractivity contribution in [2.75, 3.05) is 24.8 Å². The number of rotatable bonds is 8. The van der Waals surface area contributed by atoms with Crippen LogP contribution in [0.25, 0.3) is 0 Å². The third-order valence-electron chi connectivity index (χ3n) is 3.44. The molecule has 2 rings (SSSR count). The fraction of sp³-hybridized carbons (Fsp3) is 0.316. The molecule has 25 heavy (non-hydrogen) atoms. The first-order valence-electron chi connectivity index (χ1n) is 8.09. The largest absolute Gasteiger partial charge is 0.490 e. The molecule has 1 amide bonds. The van der Waals surface area contributed by atoms with E-state index >= 15 is 0 Å². The van der Waals surface area contributed by atoms with Crippen molar-refractivity contribution in [1.82, 2.24) is 0 Å². The molecule has 0 aromatic heterocycles. The van der Waals surface area contributed by atoms with Crippen LogP contribution in [0, 0.1) is 0 Å². The topological polar surface area (TPSA) is 47.6 Å². The van der Waals surface area contributed by atoms with Crippen LogP contribution in [0.4, 0.5) is 5.69 Å². The molecule has 0 bridgehead atoms. The van der Waals surface area contributed by atoms with Crippen molar-refractivity contribution < 1.29 is 14.3 Å². The van der Waals surface area contributed by atoms with Gasteiger partial charge < -0.3 is 14.8 Å². The summed E-state index contributed by atoms with van der Waals surface area (Å²) in [7, 11) is 0. The maximum atomic E-state index is 12.5. The summed E-state index contributed by atoms with van der Waals surface area (Å²) in [5, 5.41) is 2.98. The van der Waals surface area contributed by atoms with Crippen molar-refractivity contribution in [3.8, 4) is 11.5 Å². The first-order valence-corrected chi connectivity index (χ1v) is 10.1. The highest BCUT2D eigenvalue weighted by atomic mass is 79.9. The van der Waals surface area contributed by atoms with Gasteiger partial charge in [0.05, 0.1) is 25.3 Å². The van der Waals surface area contributed by atoms with Gasteiger partial charge in [-0.3, -0.25) is 4.79 Å². The molecular formula is C19H22BrNO3S. The molecular weight excluding hydrogens is 402 g/mol. The quantitative estimate of drug-likeness (QED) is 0.596. The van der Waals surface area contributed by atoms with Crippen LogP contribution in [0.5, 0.6) is 11.5 Å². The van der Waals surface area contributed by atoms with Gasteiger partial charge in [-0.25, -0.2) is 0 Å². The first kappa shape index (κ1) is 19.7. The first-order chi connectivity index (χ1) is 12.1. The van der Waals surface area contributed by atoms with Gasteiger partial charge in [0.15, 0.2) is 11.5 Å². The van der Waals surface area contributed by atoms with Crippen LogP contribution < -0.4 is 14.8 Å². The minimum Gasteiger partial charge on any atom is -0.490 e. The van der Waals surface area contributed by atoms with Crippen molar-refractivity contribution >= 4 is 39.3 Å². The lowest BCUT2D eigenvalue weighted by molar-refractivity contribution is -0.115. The van der Waals surface area contributed by atoms with Gasteiger partial charge in [-0.15, -0.1) is 11.8 Å². The number of benzene rings is 2. The summed E-state index contributed by atoms with van der Waals surface area (Å²) >= 11 is 5.13. The van der Waals surface area contributed by atoms with E-state index in [1.165, 1.54) is 0 Å². The number of carbonyl (C=O) groups is 1. The predicted octanol–water partition coefficient (Wildman–Crippen LogP) is 5.15. The van der Waals surface area contributed by atoms with E-state index in [0.717, 1.165) is 20.6 Å². The molecule has 2 aromatic carbocycles. The number of carbonyl (C=O) groups excluding carboxylic acids is 1. The minimum absolute atomic E-state index is 0.0752. The average Bonchev–Trinajstić information content (AvgIpc) is 2.59. The summed E-state index contributed by atoms with van der Waals surface area (Å²) in [5.74, 6) is 1.25. The molecule has 6 heteroatoms. The van der Waals surface area contributed by atoms with Gasteiger partial charge in [0.25, 0.3) is 0 Å². The Hall–Kier alpha value is -1.66. The number of nitrogens with one attached hydrogen (secondary N) is 1. The predicted molar refractivity (Wildman–Crippen MR) is 107 cm³/mol. The van der Waals surface area contributed by atoms with E-state index in [1.54, 1.807) is 11.8 Å². The van der Waals surface area contributed by atoms with E-state index in [-0.39, 0.29) is 12.3 Å². The van der Waals surface area contributed by atoms with Crippen LogP contribution in [-0.4, -0.2) is 25.4 Å². The van der Waals surface area contributed by atoms with E-state index < -0.39 is 0 Å². The highest BCUT2D eigenvalue weighted by molar-refractivity contribution is 9.10. The lowest BCUT2D eigenvalue weighted by atomic mass is 10.1. The molecule has 1 N–H and O–H groups in total. The Morgan fingerprint density at radius 1 is 1.12 bits per heavy atom. The zero-order valence-electron chi connectivity index (χ0n) is 14.6. The van der Waals surface area contributed by atoms with Crippen LogP contribution >= 0.6 is 27.7 Å². The summed E-state index contributed by atoms with van der Waals surface area (Å²) in [6, 6.07) is 11.5. The van der Waals surface area contributed by atoms with E-state index in [2.05, 4.69) is 21.2 Å². The summed E-state index contributed by atoms with van der Waals surface area (Å²) in [4.78, 5) is 13.5. The molecule has 0 aliphatic heterocycles. The fourth-order valence-corrected chi connectivity index (χ4v) is 3.38. The molecule has 4 nitrogen and oxygen atoms in total. The maximum Gasteiger partial charge on any atom is 0.228 e. The van der Waals surface area contributed by atoms with Crippen molar-refractivity contribution in [1.29, 1.82) is 0 Å². The number of halogens is 1. The summed E-state index contributed by atoms with van der Waals surface area (Å²) < 4.78 is 12.1. The Kier molecular flexibility index (Phi) is 7.65. The normalized spacial score (nSPS) is 10.4. The van der Waals surface area contributed by atoms with Gasteiger partial charge in [-0.2, -0.15) is 0 Å². The van der Waals surface area contributed by atoms with Crippen molar-refractivity contribution in [3.63, 3.8) is 0 Å². The maximum absolute atomic E-state index is 12.5. The van der Waals surface area contributed by atoms with E-state index in [1.807, 2.05) is 56.5 Å². The number of hydrogen-bond acceptors (Lipinski definition) is 4. The molecule has 0 aliphatic rings. The van der Waals surface area contributed by atoms with Gasteiger partial charge in [0, 0.05) is 9.37 Å². The fourth-order valence-electron chi connectivity index (χ4n) is 2.36. The van der Waals surface area contributed by atoms with Gasteiger partial charge >= 0.3 is 0 Å². The average molecular weight is 424 g/mol. The molecule has 0 saturated carbocycles. The number of ether oxygens (including phenoxy) is 2. The Bertz CT molecular complexity index is 737. The van der Waals surface area contributed by atoms with E-state index in [0.29, 0.717) is 24.7 Å². The lowest BCUT2D eigenvalue weighted by Crippen LogP contribution is -2.15. The molecule has 0 aliphatic carbocycles. The molecule has 0 spiro atoms. The highest BCUT2D eigenvalue weighted by Crippen LogP contribution is 2.34. The Balaban J connectivity index is 2.18. The SMILES string of the molecule is CCOc1cc(Br)c(CC(=O)Nc2ccccc2SC)cc1OCC. The Labute approximate surface area is 161 Å². The Morgan fingerprint density at radius 3 is 2.40 bits per heavy atom. The highest BCUT2D eigenvalue weighted by Gasteiger charge is 2.14. The van der Waals surface area contributed by atoms with Crippen LogP contribution in [-0.2, 0) is 11.2 Å². The monoisotopic (exact) mass is 423 g/mol. The molecule has 2 aromatic rings. The number of hydrogen-bond donors (Lipinski definition) is 1. The molecule has 0 heterocycles. The van der Waals surface area contributed by atoms with Gasteiger partial charge in [0.2, 0.25) is 5.91 Å². The van der Waals surface area contributed by atoms with Crippen LogP contribution in [0.1, 0.15) is 19.4 Å². The second-order valence-electron chi connectivity index (χ2n) is 5.18. The summed E-state index contributed by atoms with van der Waals surface area (Å²) in [5.41, 5.74) is 1.68. The zero-order valence-corrected chi connectivity index (χ0v) is 17.0. The summed E-state index contributed by atoms with van der Waals surface area (Å²) in [6.07, 6.45) is 2.23. The van der Waals surface area contributed by atoms with Crippen molar-refractivity contribution in [2.45, 2.75) is 25.2 Å². The lowest BCUT2D eigenvalue weighted by Gasteiger charge is -2.14. The van der Waals surface area contributed by atoms with Gasteiger partial charge in [0.1, 0.15) is 0 Å². The van der Waals surface area contributed by atoms with Crippen LogP contribution in [0.15, 0.2) is 45.8 Å². The Morgan fingerprint density at radius 2 is 1.76 bits per heavy atom. The van der Waals surface area contributed by atoms with Crippen molar-refractivity contribution in [3.05, 3.63) is 46.4 Å². The van der Waals surface area contributed by atoms with Crippen LogP contribution in [0.3, 0.4) is 0 Å². The number of anilines is 1. The smallest absolute Gasteiger partial charge is 0.228 e. The molecule has 0 fully saturated rings. The third-order valence-corrected chi connectivity index (χ3v) is 4.98. The minimum atomic E-state index is -0.0752. The third kappa shape index (κ3) is 5.41.